The van der Waals surface area contributed by atoms with Gasteiger partial charge in [-0.1, -0.05) is 17.7 Å². The number of aromatic amines is 2. The first-order chi connectivity index (χ1) is 9.97. The van der Waals surface area contributed by atoms with Crippen molar-refractivity contribution in [1.29, 1.82) is 0 Å². The first kappa shape index (κ1) is 14.0. The number of rotatable bonds is 2. The van der Waals surface area contributed by atoms with Crippen molar-refractivity contribution in [2.75, 3.05) is 0 Å². The molecular weight excluding hydrogens is 363 g/mol. The number of imidazole rings is 1. The van der Waals surface area contributed by atoms with Crippen LogP contribution < -0.4 is 5.69 Å². The molecule has 0 fully saturated rings. The molecule has 0 aliphatic heterocycles. The third-order valence-electron chi connectivity index (χ3n) is 3.04. The second-order valence-electron chi connectivity index (χ2n) is 4.39. The average molecular weight is 370 g/mol. The number of fused-ring (bicyclic) bond motifs is 1. The maximum atomic E-state index is 14.0. The zero-order chi connectivity index (χ0) is 15.1. The zero-order valence-electron chi connectivity index (χ0n) is 10.3. The largest absolute Gasteiger partial charge is 0.323 e. The molecule has 2 N–H and O–H groups in total. The Hall–Kier alpha value is -1.92. The third kappa shape index (κ3) is 2.41. The van der Waals surface area contributed by atoms with Gasteiger partial charge in [-0.2, -0.15) is 0 Å². The Morgan fingerprint density at radius 3 is 2.52 bits per heavy atom. The van der Waals surface area contributed by atoms with Gasteiger partial charge in [0.15, 0.2) is 11.6 Å². The second kappa shape index (κ2) is 5.13. The van der Waals surface area contributed by atoms with E-state index in [0.717, 1.165) is 0 Å². The summed E-state index contributed by atoms with van der Waals surface area (Å²) in [6.45, 7) is 0. The Bertz CT molecular complexity index is 932. The molecular formula is C14H7BrClFN2O2. The highest BCUT2D eigenvalue weighted by atomic mass is 79.9. The fourth-order valence-corrected chi connectivity index (χ4v) is 2.75. The Labute approximate surface area is 131 Å². The van der Waals surface area contributed by atoms with Crippen LogP contribution in [0.15, 0.2) is 39.6 Å². The normalized spacial score (nSPS) is 11.0. The van der Waals surface area contributed by atoms with Gasteiger partial charge in [-0.15, -0.1) is 0 Å². The van der Waals surface area contributed by atoms with E-state index >= 15 is 0 Å². The van der Waals surface area contributed by atoms with Crippen LogP contribution in [0, 0.1) is 5.82 Å². The van der Waals surface area contributed by atoms with Crippen LogP contribution in [0.2, 0.25) is 5.02 Å². The van der Waals surface area contributed by atoms with Gasteiger partial charge in [-0.3, -0.25) is 4.79 Å². The van der Waals surface area contributed by atoms with Crippen LogP contribution in [-0.2, 0) is 0 Å². The van der Waals surface area contributed by atoms with Crippen LogP contribution in [-0.4, -0.2) is 15.8 Å². The fourth-order valence-electron chi connectivity index (χ4n) is 2.05. The standard InChI is InChI=1S/C14H7BrClFN2O2/c15-8-5-11-10(18-14(21)19-11)4-7(8)13(20)6-2-1-3-9(16)12(6)17/h1-5H,(H2,18,19,21). The Balaban J connectivity index is 2.19. The number of benzene rings is 2. The maximum absolute atomic E-state index is 14.0. The highest BCUT2D eigenvalue weighted by Gasteiger charge is 2.19. The van der Waals surface area contributed by atoms with E-state index in [1.165, 1.54) is 24.3 Å². The lowest BCUT2D eigenvalue weighted by Gasteiger charge is -2.06. The van der Waals surface area contributed by atoms with Gasteiger partial charge >= 0.3 is 5.69 Å². The first-order valence-electron chi connectivity index (χ1n) is 5.87. The van der Waals surface area contributed by atoms with E-state index in [-0.39, 0.29) is 21.8 Å². The minimum Gasteiger partial charge on any atom is -0.306 e. The Morgan fingerprint density at radius 1 is 1.14 bits per heavy atom. The number of halogens is 3. The molecule has 0 amide bonds. The molecule has 0 aliphatic rings. The Morgan fingerprint density at radius 2 is 1.81 bits per heavy atom. The van der Waals surface area contributed by atoms with Gasteiger partial charge in [0.05, 0.1) is 21.6 Å². The van der Waals surface area contributed by atoms with Gasteiger partial charge in [0.1, 0.15) is 0 Å². The summed E-state index contributed by atoms with van der Waals surface area (Å²) in [6.07, 6.45) is 0. The van der Waals surface area contributed by atoms with E-state index in [1.54, 1.807) is 6.07 Å². The number of hydrogen-bond acceptors (Lipinski definition) is 2. The lowest BCUT2D eigenvalue weighted by atomic mass is 10.0. The van der Waals surface area contributed by atoms with Crippen LogP contribution in [0.1, 0.15) is 15.9 Å². The molecule has 1 heterocycles. The van der Waals surface area contributed by atoms with Gasteiger partial charge in [0.2, 0.25) is 0 Å². The summed E-state index contributed by atoms with van der Waals surface area (Å²) in [4.78, 5) is 28.9. The number of nitrogens with one attached hydrogen (secondary N) is 2. The molecule has 3 aromatic rings. The van der Waals surface area contributed by atoms with Gasteiger partial charge in [-0.25, -0.2) is 9.18 Å². The number of ketones is 1. The molecule has 0 saturated carbocycles. The van der Waals surface area contributed by atoms with Crippen molar-refractivity contribution in [3.8, 4) is 0 Å². The summed E-state index contributed by atoms with van der Waals surface area (Å²) in [5.74, 6) is -1.29. The van der Waals surface area contributed by atoms with Crippen LogP contribution >= 0.6 is 27.5 Å². The summed E-state index contributed by atoms with van der Waals surface area (Å²) in [5.41, 5.74) is 0.749. The van der Waals surface area contributed by atoms with Crippen LogP contribution in [0.3, 0.4) is 0 Å². The fraction of sp³-hybridized carbons (Fsp3) is 0. The predicted octanol–water partition coefficient (Wildman–Crippen LogP) is 3.64. The number of aromatic nitrogens is 2. The van der Waals surface area contributed by atoms with Gasteiger partial charge < -0.3 is 9.97 Å². The minimum absolute atomic E-state index is 0.117. The molecule has 0 unspecified atom stereocenters. The van der Waals surface area contributed by atoms with Crippen molar-refractivity contribution in [2.24, 2.45) is 0 Å². The van der Waals surface area contributed by atoms with E-state index in [0.29, 0.717) is 15.5 Å². The molecule has 4 nitrogen and oxygen atoms in total. The van der Waals surface area contributed by atoms with Gasteiger partial charge in [0, 0.05) is 10.0 Å². The van der Waals surface area contributed by atoms with Crippen molar-refractivity contribution < 1.29 is 9.18 Å². The highest BCUT2D eigenvalue weighted by Crippen LogP contribution is 2.27. The quantitative estimate of drug-likeness (QED) is 0.677. The topological polar surface area (TPSA) is 65.7 Å². The van der Waals surface area contributed by atoms with Crippen LogP contribution in [0.4, 0.5) is 4.39 Å². The number of H-pyrrole nitrogens is 2. The SMILES string of the molecule is O=C(c1cc2[nH]c(=O)[nH]c2cc1Br)c1cccc(Cl)c1F. The molecule has 21 heavy (non-hydrogen) atoms. The first-order valence-corrected chi connectivity index (χ1v) is 7.04. The summed E-state index contributed by atoms with van der Waals surface area (Å²) in [5, 5.41) is -0.117. The molecule has 0 radical (unpaired) electrons. The maximum Gasteiger partial charge on any atom is 0.323 e. The van der Waals surface area contributed by atoms with Crippen LogP contribution in [0.5, 0.6) is 0 Å². The van der Waals surface area contributed by atoms with Crippen molar-refractivity contribution in [2.45, 2.75) is 0 Å². The van der Waals surface area contributed by atoms with E-state index in [4.69, 9.17) is 11.6 Å². The van der Waals surface area contributed by atoms with Crippen molar-refractivity contribution in [1.82, 2.24) is 9.97 Å². The molecule has 0 saturated heterocycles. The molecule has 0 atom stereocenters. The molecule has 2 aromatic carbocycles. The highest BCUT2D eigenvalue weighted by molar-refractivity contribution is 9.10. The van der Waals surface area contributed by atoms with Crippen molar-refractivity contribution in [3.05, 3.63) is 67.3 Å². The van der Waals surface area contributed by atoms with E-state index in [9.17, 15) is 14.0 Å². The summed E-state index contributed by atoms with van der Waals surface area (Å²) < 4.78 is 14.4. The average Bonchev–Trinajstić information content (AvgIpc) is 2.79. The molecule has 3 rings (SSSR count). The zero-order valence-corrected chi connectivity index (χ0v) is 12.7. The van der Waals surface area contributed by atoms with Crippen LogP contribution in [0.25, 0.3) is 11.0 Å². The summed E-state index contributed by atoms with van der Waals surface area (Å²) >= 11 is 8.95. The molecule has 0 aliphatic carbocycles. The number of hydrogen-bond donors (Lipinski definition) is 2. The smallest absolute Gasteiger partial charge is 0.306 e. The van der Waals surface area contributed by atoms with Gasteiger partial charge in [0.25, 0.3) is 0 Å². The van der Waals surface area contributed by atoms with E-state index in [2.05, 4.69) is 25.9 Å². The van der Waals surface area contributed by atoms with Gasteiger partial charge in [-0.05, 0) is 40.2 Å². The monoisotopic (exact) mass is 368 g/mol. The molecule has 0 bridgehead atoms. The predicted molar refractivity (Wildman–Crippen MR) is 81.5 cm³/mol. The molecule has 0 spiro atoms. The summed E-state index contributed by atoms with van der Waals surface area (Å²) in [7, 11) is 0. The van der Waals surface area contributed by atoms with Crippen molar-refractivity contribution >= 4 is 44.3 Å². The third-order valence-corrected chi connectivity index (χ3v) is 3.99. The summed E-state index contributed by atoms with van der Waals surface area (Å²) in [6, 6.07) is 7.31. The number of carbonyl (C=O) groups excluding carboxylic acids is 1. The second-order valence-corrected chi connectivity index (χ2v) is 5.65. The Kier molecular flexibility index (Phi) is 3.43. The molecule has 7 heteroatoms. The number of carbonyl (C=O) groups is 1. The van der Waals surface area contributed by atoms with E-state index in [1.807, 2.05) is 0 Å². The molecule has 106 valence electrons. The lowest BCUT2D eigenvalue weighted by Crippen LogP contribution is -2.05. The van der Waals surface area contributed by atoms with E-state index < -0.39 is 11.6 Å². The lowest BCUT2D eigenvalue weighted by molar-refractivity contribution is 0.103. The minimum atomic E-state index is -0.765. The van der Waals surface area contributed by atoms with Crippen molar-refractivity contribution in [3.63, 3.8) is 0 Å². The molecule has 1 aromatic heterocycles.